The molecule has 0 amide bonds. The third-order valence-corrected chi connectivity index (χ3v) is 3.49. The van der Waals surface area contributed by atoms with Crippen LogP contribution in [0.5, 0.6) is 0 Å². The molecular formula is C13H20ClFN2O. The normalized spacial score (nSPS) is 16.3. The van der Waals surface area contributed by atoms with Gasteiger partial charge in [-0.25, -0.2) is 4.39 Å². The maximum atomic E-state index is 13.4. The van der Waals surface area contributed by atoms with Gasteiger partial charge in [-0.05, 0) is 30.5 Å². The fourth-order valence-corrected chi connectivity index (χ4v) is 1.79. The molecule has 1 rings (SSSR count). The van der Waals surface area contributed by atoms with Crippen molar-refractivity contribution in [1.29, 1.82) is 0 Å². The Morgan fingerprint density at radius 3 is 2.61 bits per heavy atom. The molecule has 5 heteroatoms. The second-order valence-corrected chi connectivity index (χ2v) is 4.98. The summed E-state index contributed by atoms with van der Waals surface area (Å²) in [6, 6.07) is 4.61. The van der Waals surface area contributed by atoms with Crippen LogP contribution < -0.4 is 11.1 Å². The molecule has 0 bridgehead atoms. The van der Waals surface area contributed by atoms with Gasteiger partial charge in [0.05, 0.1) is 5.02 Å². The van der Waals surface area contributed by atoms with Crippen LogP contribution in [0.15, 0.2) is 18.2 Å². The van der Waals surface area contributed by atoms with E-state index in [0.717, 1.165) is 5.56 Å². The van der Waals surface area contributed by atoms with Crippen LogP contribution in [0.25, 0.3) is 0 Å². The first-order valence-electron chi connectivity index (χ1n) is 6.01. The topological polar surface area (TPSA) is 58.3 Å². The molecule has 0 aromatic heterocycles. The Hall–Kier alpha value is -0.680. The number of aliphatic hydroxyl groups is 1. The molecule has 3 nitrogen and oxygen atoms in total. The average molecular weight is 275 g/mol. The van der Waals surface area contributed by atoms with Crippen LogP contribution in [-0.4, -0.2) is 24.3 Å². The van der Waals surface area contributed by atoms with E-state index in [2.05, 4.69) is 5.32 Å². The predicted molar refractivity (Wildman–Crippen MR) is 72.1 cm³/mol. The zero-order valence-electron chi connectivity index (χ0n) is 10.7. The monoisotopic (exact) mass is 274 g/mol. The third kappa shape index (κ3) is 3.92. The highest BCUT2D eigenvalue weighted by atomic mass is 35.5. The van der Waals surface area contributed by atoms with Crippen molar-refractivity contribution in [2.75, 3.05) is 13.2 Å². The first kappa shape index (κ1) is 15.4. The first-order chi connectivity index (χ1) is 8.49. The van der Waals surface area contributed by atoms with E-state index in [-0.39, 0.29) is 29.6 Å². The van der Waals surface area contributed by atoms with Crippen LogP contribution in [0.4, 0.5) is 4.39 Å². The second-order valence-electron chi connectivity index (χ2n) is 4.58. The van der Waals surface area contributed by atoms with E-state index in [0.29, 0.717) is 6.54 Å². The van der Waals surface area contributed by atoms with Crippen LogP contribution in [0.2, 0.25) is 5.02 Å². The molecule has 0 saturated heterocycles. The van der Waals surface area contributed by atoms with Crippen molar-refractivity contribution in [3.63, 3.8) is 0 Å². The highest BCUT2D eigenvalue weighted by Crippen LogP contribution is 2.20. The molecule has 0 heterocycles. The van der Waals surface area contributed by atoms with E-state index in [1.165, 1.54) is 12.1 Å². The standard InChI is InChI=1S/C13H20ClFN2O/c1-8(7-18)9(2)17-13(6-16)10-3-4-11(14)12(15)5-10/h3-5,8-9,13,17-18H,6-7,16H2,1-2H3. The molecule has 1 aromatic carbocycles. The van der Waals surface area contributed by atoms with Gasteiger partial charge in [0, 0.05) is 25.2 Å². The van der Waals surface area contributed by atoms with Crippen molar-refractivity contribution >= 4 is 11.6 Å². The quantitative estimate of drug-likeness (QED) is 0.744. The number of hydrogen-bond acceptors (Lipinski definition) is 3. The highest BCUT2D eigenvalue weighted by Gasteiger charge is 2.17. The Kier molecular flexibility index (Phi) is 6.02. The summed E-state index contributed by atoms with van der Waals surface area (Å²) in [5.41, 5.74) is 6.46. The largest absolute Gasteiger partial charge is 0.396 e. The first-order valence-corrected chi connectivity index (χ1v) is 6.39. The number of benzene rings is 1. The van der Waals surface area contributed by atoms with Gasteiger partial charge in [0.2, 0.25) is 0 Å². The minimum atomic E-state index is -0.447. The van der Waals surface area contributed by atoms with Crippen LogP contribution >= 0.6 is 11.6 Å². The summed E-state index contributed by atoms with van der Waals surface area (Å²) in [5, 5.41) is 12.5. The molecular weight excluding hydrogens is 255 g/mol. The molecule has 3 unspecified atom stereocenters. The molecule has 0 radical (unpaired) electrons. The minimum Gasteiger partial charge on any atom is -0.396 e. The fourth-order valence-electron chi connectivity index (χ4n) is 1.67. The molecule has 0 spiro atoms. The zero-order valence-corrected chi connectivity index (χ0v) is 11.4. The maximum Gasteiger partial charge on any atom is 0.142 e. The summed E-state index contributed by atoms with van der Waals surface area (Å²) < 4.78 is 13.4. The van der Waals surface area contributed by atoms with Crippen molar-refractivity contribution < 1.29 is 9.50 Å². The van der Waals surface area contributed by atoms with Gasteiger partial charge in [0.1, 0.15) is 5.82 Å². The maximum absolute atomic E-state index is 13.4. The van der Waals surface area contributed by atoms with E-state index in [1.54, 1.807) is 6.07 Å². The van der Waals surface area contributed by atoms with E-state index < -0.39 is 5.82 Å². The molecule has 4 N–H and O–H groups in total. The number of nitrogens with two attached hydrogens (primary N) is 1. The summed E-state index contributed by atoms with van der Waals surface area (Å²) in [5.74, 6) is -0.339. The van der Waals surface area contributed by atoms with E-state index in [4.69, 9.17) is 22.4 Å². The molecule has 0 saturated carbocycles. The minimum absolute atomic E-state index is 0.0855. The summed E-state index contributed by atoms with van der Waals surface area (Å²) >= 11 is 5.65. The van der Waals surface area contributed by atoms with Crippen LogP contribution in [-0.2, 0) is 0 Å². The number of nitrogens with one attached hydrogen (secondary N) is 1. The van der Waals surface area contributed by atoms with Gasteiger partial charge in [-0.15, -0.1) is 0 Å². The fraction of sp³-hybridized carbons (Fsp3) is 0.538. The molecule has 1 aromatic rings. The van der Waals surface area contributed by atoms with Crippen LogP contribution in [0.3, 0.4) is 0 Å². The molecule has 0 aliphatic rings. The Morgan fingerprint density at radius 1 is 1.44 bits per heavy atom. The number of rotatable bonds is 6. The predicted octanol–water partition coefficient (Wildman–Crippen LogP) is 2.09. The van der Waals surface area contributed by atoms with Crippen molar-refractivity contribution in [1.82, 2.24) is 5.32 Å². The lowest BCUT2D eigenvalue weighted by atomic mass is 10.0. The molecule has 0 aliphatic heterocycles. The molecule has 3 atom stereocenters. The Labute approximate surface area is 112 Å². The summed E-state index contributed by atoms with van der Waals surface area (Å²) in [6.45, 7) is 4.35. The smallest absolute Gasteiger partial charge is 0.142 e. The Balaban J connectivity index is 2.79. The van der Waals surface area contributed by atoms with Gasteiger partial charge in [-0.2, -0.15) is 0 Å². The summed E-state index contributed by atoms with van der Waals surface area (Å²) in [4.78, 5) is 0. The lowest BCUT2D eigenvalue weighted by molar-refractivity contribution is 0.201. The van der Waals surface area contributed by atoms with E-state index in [1.807, 2.05) is 13.8 Å². The molecule has 18 heavy (non-hydrogen) atoms. The van der Waals surface area contributed by atoms with Crippen LogP contribution in [0, 0.1) is 11.7 Å². The van der Waals surface area contributed by atoms with Crippen molar-refractivity contribution in [3.8, 4) is 0 Å². The number of halogens is 2. The van der Waals surface area contributed by atoms with Crippen molar-refractivity contribution in [2.45, 2.75) is 25.9 Å². The lowest BCUT2D eigenvalue weighted by Gasteiger charge is -2.26. The summed E-state index contributed by atoms with van der Waals surface area (Å²) in [7, 11) is 0. The lowest BCUT2D eigenvalue weighted by Crippen LogP contribution is -2.39. The van der Waals surface area contributed by atoms with Gasteiger partial charge in [0.15, 0.2) is 0 Å². The molecule has 0 fully saturated rings. The molecule has 102 valence electrons. The van der Waals surface area contributed by atoms with E-state index >= 15 is 0 Å². The molecule has 0 aliphatic carbocycles. The Morgan fingerprint density at radius 2 is 2.11 bits per heavy atom. The zero-order chi connectivity index (χ0) is 13.7. The van der Waals surface area contributed by atoms with Gasteiger partial charge >= 0.3 is 0 Å². The number of aliphatic hydroxyl groups excluding tert-OH is 1. The van der Waals surface area contributed by atoms with Crippen molar-refractivity contribution in [3.05, 3.63) is 34.6 Å². The van der Waals surface area contributed by atoms with Crippen LogP contribution in [0.1, 0.15) is 25.5 Å². The third-order valence-electron chi connectivity index (χ3n) is 3.19. The van der Waals surface area contributed by atoms with Gasteiger partial charge in [-0.3, -0.25) is 0 Å². The van der Waals surface area contributed by atoms with Gasteiger partial charge < -0.3 is 16.2 Å². The second kappa shape index (κ2) is 7.04. The van der Waals surface area contributed by atoms with Gasteiger partial charge in [-0.1, -0.05) is 24.6 Å². The number of hydrogen-bond donors (Lipinski definition) is 3. The Bertz CT molecular complexity index is 389. The van der Waals surface area contributed by atoms with Gasteiger partial charge in [0.25, 0.3) is 0 Å². The van der Waals surface area contributed by atoms with E-state index in [9.17, 15) is 4.39 Å². The SMILES string of the molecule is CC(CO)C(C)NC(CN)c1ccc(Cl)c(F)c1. The van der Waals surface area contributed by atoms with Crippen molar-refractivity contribution in [2.24, 2.45) is 11.7 Å². The highest BCUT2D eigenvalue weighted by molar-refractivity contribution is 6.30. The average Bonchev–Trinajstić information content (AvgIpc) is 2.38. The summed E-state index contributed by atoms with van der Waals surface area (Å²) in [6.07, 6.45) is 0.